The summed E-state index contributed by atoms with van der Waals surface area (Å²) in [5.41, 5.74) is 23.6. The Hall–Kier alpha value is -7.42. The maximum absolute atomic E-state index is 2.46. The van der Waals surface area contributed by atoms with E-state index >= 15 is 0 Å². The molecule has 0 heterocycles. The average molecular weight is 881 g/mol. The van der Waals surface area contributed by atoms with Crippen LogP contribution >= 0.6 is 0 Å². The normalized spacial score (nSPS) is 16.9. The molecule has 0 fully saturated rings. The van der Waals surface area contributed by atoms with Crippen molar-refractivity contribution < 1.29 is 0 Å². The van der Waals surface area contributed by atoms with Gasteiger partial charge in [0.25, 0.3) is 0 Å². The molecule has 0 spiro atoms. The molecule has 0 saturated carbocycles. The molecule has 3 aliphatic rings. The number of nitrogens with zero attached hydrogens (tertiary/aromatic N) is 2. The summed E-state index contributed by atoms with van der Waals surface area (Å²) in [6.07, 6.45) is 15.5. The van der Waals surface area contributed by atoms with Crippen LogP contribution in [0.25, 0.3) is 39.0 Å². The maximum Gasteiger partial charge on any atom is 0.0465 e. The third kappa shape index (κ3) is 8.13. The van der Waals surface area contributed by atoms with Gasteiger partial charge in [0.1, 0.15) is 0 Å². The fraction of sp³-hybridized carbons (Fsp3) is 0.182. The first-order valence-corrected chi connectivity index (χ1v) is 24.6. The molecule has 3 aliphatic carbocycles. The summed E-state index contributed by atoms with van der Waals surface area (Å²) in [5, 5.41) is 0. The SMILES string of the molecule is Cc1cccc(N(C2=CCC(C)(c3cccc(-c4ccccc4)c3)C=C2)c2ccc3c(c2)C(C)(C)c2cc(N(c4ccc(-c5cccc(C6=CCCCC6)c5)cc4)c4cccc(C)c4)ccc2-3)c1. The zero-order chi connectivity index (χ0) is 46.4. The minimum absolute atomic E-state index is 0.126. The molecule has 1 unspecified atom stereocenters. The molecular weight excluding hydrogens is 821 g/mol. The van der Waals surface area contributed by atoms with Crippen LogP contribution in [0.4, 0.5) is 28.4 Å². The molecule has 8 aromatic rings. The number of fused-ring (bicyclic) bond motifs is 3. The summed E-state index contributed by atoms with van der Waals surface area (Å²) < 4.78 is 0. The number of hydrogen-bond acceptors (Lipinski definition) is 2. The number of anilines is 5. The molecule has 334 valence electrons. The summed E-state index contributed by atoms with van der Waals surface area (Å²) in [6.45, 7) is 11.5. The predicted octanol–water partition coefficient (Wildman–Crippen LogP) is 18.3. The molecule has 68 heavy (non-hydrogen) atoms. The number of rotatable bonds is 10. The first-order valence-electron chi connectivity index (χ1n) is 24.6. The van der Waals surface area contributed by atoms with Crippen LogP contribution < -0.4 is 9.80 Å². The van der Waals surface area contributed by atoms with E-state index in [0.29, 0.717) is 0 Å². The minimum Gasteiger partial charge on any atom is -0.311 e. The quantitative estimate of drug-likeness (QED) is 0.135. The fourth-order valence-electron chi connectivity index (χ4n) is 11.0. The van der Waals surface area contributed by atoms with Crippen molar-refractivity contribution in [3.05, 3.63) is 251 Å². The highest BCUT2D eigenvalue weighted by atomic mass is 15.2. The second-order valence-corrected chi connectivity index (χ2v) is 20.1. The summed E-state index contributed by atoms with van der Waals surface area (Å²) in [6, 6.07) is 70.2. The van der Waals surface area contributed by atoms with Gasteiger partial charge in [0.2, 0.25) is 0 Å². The standard InChI is InChI=1S/C66H60N2/c1-46-16-12-26-57(40-46)67(55-30-28-50(29-31-55)52-23-14-22-51(42-52)48-18-8-6-9-19-48)59-32-34-61-62-35-33-60(45-64(62)65(3,4)63(61)44-59)68(58-27-13-17-47(2)41-58)56-36-38-66(5,39-37-56)54-25-15-24-53(43-54)49-20-10-7-11-21-49/h7,10-18,20-38,40-45H,6,8-9,19,39H2,1-5H3. The Labute approximate surface area is 404 Å². The lowest BCUT2D eigenvalue weighted by molar-refractivity contribution is 0.595. The molecule has 0 aromatic heterocycles. The van der Waals surface area contributed by atoms with Crippen LogP contribution in [0.1, 0.15) is 86.3 Å². The van der Waals surface area contributed by atoms with Crippen LogP contribution in [-0.2, 0) is 10.8 Å². The Morgan fingerprint density at radius 1 is 0.426 bits per heavy atom. The summed E-state index contributed by atoms with van der Waals surface area (Å²) in [5.74, 6) is 0. The van der Waals surface area contributed by atoms with Crippen LogP contribution in [0.5, 0.6) is 0 Å². The van der Waals surface area contributed by atoms with Gasteiger partial charge in [-0.15, -0.1) is 0 Å². The van der Waals surface area contributed by atoms with E-state index in [1.807, 2.05) is 0 Å². The van der Waals surface area contributed by atoms with Crippen LogP contribution in [0.2, 0.25) is 0 Å². The molecule has 2 heteroatoms. The number of allylic oxidation sites excluding steroid dienone is 5. The highest BCUT2D eigenvalue weighted by Crippen LogP contribution is 2.53. The van der Waals surface area contributed by atoms with Crippen LogP contribution in [-0.4, -0.2) is 0 Å². The van der Waals surface area contributed by atoms with Crippen LogP contribution in [0, 0.1) is 13.8 Å². The van der Waals surface area contributed by atoms with Gasteiger partial charge in [-0.2, -0.15) is 0 Å². The van der Waals surface area contributed by atoms with E-state index in [4.69, 9.17) is 0 Å². The maximum atomic E-state index is 2.46. The summed E-state index contributed by atoms with van der Waals surface area (Å²) >= 11 is 0. The van der Waals surface area contributed by atoms with Gasteiger partial charge < -0.3 is 9.80 Å². The Morgan fingerprint density at radius 3 is 1.62 bits per heavy atom. The van der Waals surface area contributed by atoms with Gasteiger partial charge in [0.05, 0.1) is 0 Å². The van der Waals surface area contributed by atoms with Crippen LogP contribution in [0.3, 0.4) is 0 Å². The minimum atomic E-state index is -0.241. The van der Waals surface area contributed by atoms with E-state index in [0.717, 1.165) is 23.5 Å². The largest absolute Gasteiger partial charge is 0.311 e. The topological polar surface area (TPSA) is 6.48 Å². The van der Waals surface area contributed by atoms with Crippen LogP contribution in [0.15, 0.2) is 218 Å². The smallest absolute Gasteiger partial charge is 0.0465 e. The lowest BCUT2D eigenvalue weighted by Crippen LogP contribution is -2.24. The second-order valence-electron chi connectivity index (χ2n) is 20.1. The van der Waals surface area contributed by atoms with Gasteiger partial charge in [0.15, 0.2) is 0 Å². The molecule has 2 nitrogen and oxygen atoms in total. The van der Waals surface area contributed by atoms with Crippen molar-refractivity contribution in [3.8, 4) is 33.4 Å². The van der Waals surface area contributed by atoms with E-state index in [1.54, 1.807) is 0 Å². The van der Waals surface area contributed by atoms with Crippen molar-refractivity contribution in [2.75, 3.05) is 9.80 Å². The van der Waals surface area contributed by atoms with E-state index in [-0.39, 0.29) is 10.8 Å². The summed E-state index contributed by atoms with van der Waals surface area (Å²) in [7, 11) is 0. The Bertz CT molecular complexity index is 3270. The Balaban J connectivity index is 0.924. The third-order valence-corrected chi connectivity index (χ3v) is 14.9. The lowest BCUT2D eigenvalue weighted by atomic mass is 9.76. The molecular formula is C66H60N2. The fourth-order valence-corrected chi connectivity index (χ4v) is 11.0. The van der Waals surface area contributed by atoms with Gasteiger partial charge in [-0.1, -0.05) is 160 Å². The molecule has 1 atom stereocenters. The number of aryl methyl sites for hydroxylation is 2. The Kier molecular flexibility index (Phi) is 11.2. The molecule has 0 aliphatic heterocycles. The molecule has 11 rings (SSSR count). The monoisotopic (exact) mass is 880 g/mol. The van der Waals surface area contributed by atoms with Gasteiger partial charge in [-0.3, -0.25) is 0 Å². The molecule has 0 amide bonds. The average Bonchev–Trinajstić information content (AvgIpc) is 3.60. The van der Waals surface area contributed by atoms with Crippen molar-refractivity contribution in [1.82, 2.24) is 0 Å². The first kappa shape index (κ1) is 43.2. The molecule has 0 N–H and O–H groups in total. The van der Waals surface area contributed by atoms with Gasteiger partial charge in [-0.25, -0.2) is 0 Å². The van der Waals surface area contributed by atoms with Crippen molar-refractivity contribution in [1.29, 1.82) is 0 Å². The second kappa shape index (κ2) is 17.7. The van der Waals surface area contributed by atoms with E-state index in [2.05, 4.69) is 257 Å². The zero-order valence-corrected chi connectivity index (χ0v) is 40.1. The van der Waals surface area contributed by atoms with Crippen molar-refractivity contribution >= 4 is 34.0 Å². The Morgan fingerprint density at radius 2 is 0.985 bits per heavy atom. The third-order valence-electron chi connectivity index (χ3n) is 14.9. The summed E-state index contributed by atoms with van der Waals surface area (Å²) in [4.78, 5) is 4.89. The molecule has 8 aromatic carbocycles. The van der Waals surface area contributed by atoms with E-state index < -0.39 is 0 Å². The van der Waals surface area contributed by atoms with Gasteiger partial charge in [0, 0.05) is 45.0 Å². The van der Waals surface area contributed by atoms with Crippen molar-refractivity contribution in [2.45, 2.75) is 77.6 Å². The van der Waals surface area contributed by atoms with Gasteiger partial charge >= 0.3 is 0 Å². The highest BCUT2D eigenvalue weighted by molar-refractivity contribution is 5.88. The van der Waals surface area contributed by atoms with Crippen molar-refractivity contribution in [3.63, 3.8) is 0 Å². The van der Waals surface area contributed by atoms with E-state index in [1.165, 1.54) is 115 Å². The number of benzene rings is 8. The molecule has 0 bridgehead atoms. The van der Waals surface area contributed by atoms with Crippen molar-refractivity contribution in [2.24, 2.45) is 0 Å². The molecule has 0 radical (unpaired) electrons. The highest BCUT2D eigenvalue weighted by Gasteiger charge is 2.37. The first-order chi connectivity index (χ1) is 33.1. The number of hydrogen-bond donors (Lipinski definition) is 0. The molecule has 0 saturated heterocycles. The van der Waals surface area contributed by atoms with E-state index in [9.17, 15) is 0 Å². The zero-order valence-electron chi connectivity index (χ0n) is 40.1. The lowest BCUT2D eigenvalue weighted by Gasteiger charge is -2.34. The predicted molar refractivity (Wildman–Crippen MR) is 290 cm³/mol. The van der Waals surface area contributed by atoms with Gasteiger partial charge in [-0.05, 0) is 191 Å².